The number of fused-ring (bicyclic) bond motifs is 1. The van der Waals surface area contributed by atoms with Gasteiger partial charge in [0.05, 0.1) is 22.4 Å². The van der Waals surface area contributed by atoms with Crippen molar-refractivity contribution < 1.29 is 4.39 Å². The molecule has 0 atom stereocenters. The SMILES string of the molecule is CC(C)c1cccc(C(C)C)c1-n1ccnc1-c1cccc(Cc2cccc(-c3nc4ccccc4n3-c3c(C(C)C)cc(-c4ccc(F)cc4)cc3C(C)C)c2)c1. The Labute approximate surface area is 343 Å². The van der Waals surface area contributed by atoms with Crippen molar-refractivity contribution in [1.82, 2.24) is 19.1 Å². The Morgan fingerprint density at radius 2 is 1.05 bits per heavy atom. The standard InChI is InChI=1S/C53H53FN4/c1-33(2)44-18-13-19-45(34(3)4)50(44)57-27-26-55-52(57)40-16-11-14-37(29-40)28-38-15-12-17-41(30-38)53-56-48-20-9-10-21-49(48)58(53)51-46(35(5)6)31-42(32-47(51)36(7)8)39-22-24-43(54)25-23-39/h9-27,29-36H,28H2,1-8H3. The second-order valence-electron chi connectivity index (χ2n) is 16.9. The zero-order valence-electron chi connectivity index (χ0n) is 35.0. The van der Waals surface area contributed by atoms with Crippen LogP contribution in [0.25, 0.3) is 56.3 Å². The lowest BCUT2D eigenvalue weighted by Crippen LogP contribution is -2.09. The molecule has 0 bridgehead atoms. The van der Waals surface area contributed by atoms with Crippen molar-refractivity contribution in [3.63, 3.8) is 0 Å². The van der Waals surface area contributed by atoms with Crippen LogP contribution in [-0.2, 0) is 6.42 Å². The molecule has 4 nitrogen and oxygen atoms in total. The minimum absolute atomic E-state index is 0.228. The van der Waals surface area contributed by atoms with Gasteiger partial charge in [-0.05, 0) is 123 Å². The molecule has 2 heterocycles. The molecule has 0 aliphatic carbocycles. The molecule has 0 spiro atoms. The van der Waals surface area contributed by atoms with E-state index in [-0.39, 0.29) is 17.7 Å². The summed E-state index contributed by atoms with van der Waals surface area (Å²) in [5, 5.41) is 0. The minimum Gasteiger partial charge on any atom is -0.299 e. The minimum atomic E-state index is -0.228. The average molecular weight is 765 g/mol. The Bertz CT molecular complexity index is 2670. The van der Waals surface area contributed by atoms with E-state index in [1.807, 2.05) is 18.3 Å². The Morgan fingerprint density at radius 1 is 0.500 bits per heavy atom. The average Bonchev–Trinajstić information content (AvgIpc) is 3.86. The molecule has 0 aliphatic rings. The van der Waals surface area contributed by atoms with E-state index in [0.717, 1.165) is 51.4 Å². The van der Waals surface area contributed by atoms with E-state index < -0.39 is 0 Å². The second kappa shape index (κ2) is 16.1. The number of hydrogen-bond donors (Lipinski definition) is 0. The van der Waals surface area contributed by atoms with Crippen LogP contribution < -0.4 is 0 Å². The number of aromatic nitrogens is 4. The number of imidazole rings is 2. The highest BCUT2D eigenvalue weighted by molar-refractivity contribution is 5.85. The van der Waals surface area contributed by atoms with E-state index >= 15 is 0 Å². The highest BCUT2D eigenvalue weighted by Gasteiger charge is 2.24. The predicted octanol–water partition coefficient (Wildman–Crippen LogP) is 14.4. The predicted molar refractivity (Wildman–Crippen MR) is 240 cm³/mol. The maximum Gasteiger partial charge on any atom is 0.145 e. The molecule has 0 N–H and O–H groups in total. The topological polar surface area (TPSA) is 35.6 Å². The maximum absolute atomic E-state index is 14.0. The first-order valence-corrected chi connectivity index (χ1v) is 20.7. The van der Waals surface area contributed by atoms with Crippen molar-refractivity contribution >= 4 is 11.0 Å². The number of para-hydroxylation sites is 3. The molecule has 292 valence electrons. The smallest absolute Gasteiger partial charge is 0.145 e. The van der Waals surface area contributed by atoms with Gasteiger partial charge in [-0.15, -0.1) is 0 Å². The van der Waals surface area contributed by atoms with Crippen molar-refractivity contribution in [2.45, 2.75) is 85.5 Å². The van der Waals surface area contributed by atoms with Crippen molar-refractivity contribution in [1.29, 1.82) is 0 Å². The normalized spacial score (nSPS) is 11.9. The van der Waals surface area contributed by atoms with Gasteiger partial charge in [-0.3, -0.25) is 9.13 Å². The third kappa shape index (κ3) is 7.42. The largest absolute Gasteiger partial charge is 0.299 e. The van der Waals surface area contributed by atoms with Gasteiger partial charge >= 0.3 is 0 Å². The fraction of sp³-hybridized carbons (Fsp3) is 0.245. The molecule has 8 aromatic rings. The van der Waals surface area contributed by atoms with Gasteiger partial charge < -0.3 is 0 Å². The van der Waals surface area contributed by atoms with Gasteiger partial charge in [0.15, 0.2) is 0 Å². The first kappa shape index (κ1) is 38.8. The van der Waals surface area contributed by atoms with E-state index in [1.54, 1.807) is 12.1 Å². The molecule has 2 aromatic heterocycles. The van der Waals surface area contributed by atoms with Crippen LogP contribution in [0.15, 0.2) is 140 Å². The molecule has 0 radical (unpaired) electrons. The first-order chi connectivity index (χ1) is 28.0. The Morgan fingerprint density at radius 3 is 1.64 bits per heavy atom. The highest BCUT2D eigenvalue weighted by Crippen LogP contribution is 2.41. The maximum atomic E-state index is 14.0. The van der Waals surface area contributed by atoms with Gasteiger partial charge in [-0.1, -0.05) is 134 Å². The molecule has 5 heteroatoms. The molecule has 0 amide bonds. The van der Waals surface area contributed by atoms with Crippen molar-refractivity contribution in [3.8, 4) is 45.3 Å². The molecule has 0 fully saturated rings. The molecular formula is C53H53FN4. The van der Waals surface area contributed by atoms with Crippen LogP contribution in [0.5, 0.6) is 0 Å². The van der Waals surface area contributed by atoms with E-state index in [9.17, 15) is 4.39 Å². The fourth-order valence-corrected chi connectivity index (χ4v) is 8.44. The van der Waals surface area contributed by atoms with Crippen LogP contribution in [0.3, 0.4) is 0 Å². The summed E-state index contributed by atoms with van der Waals surface area (Å²) in [5.41, 5.74) is 16.3. The van der Waals surface area contributed by atoms with Gasteiger partial charge in [0.25, 0.3) is 0 Å². The molecule has 8 rings (SSSR count). The summed E-state index contributed by atoms with van der Waals surface area (Å²) in [6.45, 7) is 18.1. The lowest BCUT2D eigenvalue weighted by atomic mass is 9.88. The van der Waals surface area contributed by atoms with E-state index in [4.69, 9.17) is 9.97 Å². The number of nitrogens with zero attached hydrogens (tertiary/aromatic N) is 4. The summed E-state index contributed by atoms with van der Waals surface area (Å²) < 4.78 is 18.6. The van der Waals surface area contributed by atoms with E-state index in [2.05, 4.69) is 174 Å². The first-order valence-electron chi connectivity index (χ1n) is 20.7. The van der Waals surface area contributed by atoms with Crippen molar-refractivity contribution in [2.75, 3.05) is 0 Å². The second-order valence-corrected chi connectivity index (χ2v) is 16.9. The summed E-state index contributed by atoms with van der Waals surface area (Å²) in [7, 11) is 0. The monoisotopic (exact) mass is 764 g/mol. The van der Waals surface area contributed by atoms with E-state index in [0.29, 0.717) is 11.8 Å². The third-order valence-corrected chi connectivity index (χ3v) is 11.4. The van der Waals surface area contributed by atoms with Crippen LogP contribution in [0.4, 0.5) is 4.39 Å². The Hall–Kier alpha value is -6.07. The molecule has 0 aliphatic heterocycles. The van der Waals surface area contributed by atoms with Gasteiger partial charge in [-0.2, -0.15) is 0 Å². The molecule has 6 aromatic carbocycles. The van der Waals surface area contributed by atoms with Crippen molar-refractivity contribution in [3.05, 3.63) is 179 Å². The number of hydrogen-bond acceptors (Lipinski definition) is 2. The van der Waals surface area contributed by atoms with Crippen LogP contribution in [0.1, 0.15) is 112 Å². The van der Waals surface area contributed by atoms with Gasteiger partial charge in [0.2, 0.25) is 0 Å². The molecule has 0 saturated heterocycles. The van der Waals surface area contributed by atoms with Crippen LogP contribution >= 0.6 is 0 Å². The van der Waals surface area contributed by atoms with Gasteiger partial charge in [-0.25, -0.2) is 14.4 Å². The highest BCUT2D eigenvalue weighted by atomic mass is 19.1. The van der Waals surface area contributed by atoms with Gasteiger partial charge in [0.1, 0.15) is 17.5 Å². The fourth-order valence-electron chi connectivity index (χ4n) is 8.44. The number of rotatable bonds is 11. The number of halogens is 1. The summed E-state index contributed by atoms with van der Waals surface area (Å²) in [6, 6.07) is 44.3. The molecule has 0 saturated carbocycles. The summed E-state index contributed by atoms with van der Waals surface area (Å²) in [4.78, 5) is 10.3. The summed E-state index contributed by atoms with van der Waals surface area (Å²) in [5.74, 6) is 2.86. The van der Waals surface area contributed by atoms with Crippen LogP contribution in [-0.4, -0.2) is 19.1 Å². The zero-order chi connectivity index (χ0) is 40.7. The molecular weight excluding hydrogens is 712 g/mol. The molecule has 58 heavy (non-hydrogen) atoms. The Kier molecular flexibility index (Phi) is 10.7. The number of benzene rings is 6. The van der Waals surface area contributed by atoms with Gasteiger partial charge in [0, 0.05) is 23.5 Å². The molecule has 0 unspecified atom stereocenters. The Balaban J connectivity index is 1.21. The van der Waals surface area contributed by atoms with Crippen molar-refractivity contribution in [2.24, 2.45) is 0 Å². The van der Waals surface area contributed by atoms with Crippen LogP contribution in [0.2, 0.25) is 0 Å². The summed E-state index contributed by atoms with van der Waals surface area (Å²) >= 11 is 0. The quantitative estimate of drug-likeness (QED) is 0.131. The zero-order valence-corrected chi connectivity index (χ0v) is 35.0. The van der Waals surface area contributed by atoms with Crippen LogP contribution in [0, 0.1) is 5.82 Å². The van der Waals surface area contributed by atoms with E-state index in [1.165, 1.54) is 44.8 Å². The summed E-state index contributed by atoms with van der Waals surface area (Å²) in [6.07, 6.45) is 4.80. The third-order valence-electron chi connectivity index (χ3n) is 11.4. The lowest BCUT2D eigenvalue weighted by Gasteiger charge is -2.24. The lowest BCUT2D eigenvalue weighted by molar-refractivity contribution is 0.628.